The van der Waals surface area contributed by atoms with Crippen LogP contribution in [0.2, 0.25) is 0 Å². The molecule has 0 bridgehead atoms. The standard InChI is InChI=1S/C18H15P.2CH3.ClH.Ni/c1-4-10-16(11-5-1)19(17-12-6-2-7-13-17)18-14-8-3-9-15-18;;;;/h1-15H;2*1H3;1H;/q;2*-1;;+1. The molecule has 0 aliphatic rings. The fourth-order valence-corrected chi connectivity index (χ4v) is 4.89. The molecule has 0 saturated carbocycles. The third-order valence-electron chi connectivity index (χ3n) is 3.19. The summed E-state index contributed by atoms with van der Waals surface area (Å²) in [6, 6.07) is 32.5. The van der Waals surface area contributed by atoms with E-state index in [1.165, 1.54) is 15.9 Å². The summed E-state index contributed by atoms with van der Waals surface area (Å²) in [4.78, 5) is 0. The molecule has 3 rings (SSSR count). The Balaban J connectivity index is 0.00000117. The quantitative estimate of drug-likeness (QED) is 0.345. The summed E-state index contributed by atoms with van der Waals surface area (Å²) in [5, 5.41) is 4.31. The van der Waals surface area contributed by atoms with Crippen LogP contribution < -0.4 is 15.9 Å². The SMILES string of the molecule is [CH3-].[CH3-].[Cl][Ni].c1ccc([PH+](c2ccccc2)c2ccccc2)cc1. The molecular weight excluding hydrogens is 365 g/mol. The zero-order chi connectivity index (χ0) is 14.9. The van der Waals surface area contributed by atoms with Gasteiger partial charge in [-0.2, -0.15) is 0 Å². The Morgan fingerprint density at radius 1 is 0.478 bits per heavy atom. The molecule has 0 radical (unpaired) electrons. The fraction of sp³-hybridized carbons (Fsp3) is 0. The van der Waals surface area contributed by atoms with Gasteiger partial charge in [-0.05, 0) is 36.4 Å². The van der Waals surface area contributed by atoms with E-state index in [0.717, 1.165) is 0 Å². The Kier molecular flexibility index (Phi) is 11.7. The van der Waals surface area contributed by atoms with Gasteiger partial charge in [0.15, 0.2) is 0 Å². The molecule has 23 heavy (non-hydrogen) atoms. The monoisotopic (exact) mass is 386 g/mol. The Bertz CT molecular complexity index is 536. The molecule has 0 spiro atoms. The van der Waals surface area contributed by atoms with Crippen molar-refractivity contribution in [2.45, 2.75) is 0 Å². The van der Waals surface area contributed by atoms with Crippen LogP contribution in [0, 0.1) is 14.9 Å². The number of benzene rings is 3. The first-order valence-corrected chi connectivity index (χ1v) is 9.46. The first-order chi connectivity index (χ1) is 10.4. The predicted molar refractivity (Wildman–Crippen MR) is 105 cm³/mol. The van der Waals surface area contributed by atoms with E-state index in [1.54, 1.807) is 0 Å². The molecule has 0 atom stereocenters. The summed E-state index contributed by atoms with van der Waals surface area (Å²) in [5.41, 5.74) is 0. The molecule has 0 saturated heterocycles. The van der Waals surface area contributed by atoms with Gasteiger partial charge in [-0.1, -0.05) is 54.6 Å². The minimum Gasteiger partial charge on any atom is -0.0620 e. The molecule has 0 amide bonds. The summed E-state index contributed by atoms with van der Waals surface area (Å²) in [7, 11) is 3.39. The summed E-state index contributed by atoms with van der Waals surface area (Å²) in [6.45, 7) is 0. The van der Waals surface area contributed by atoms with E-state index >= 15 is 0 Å². The number of hydrogen-bond acceptors (Lipinski definition) is 0. The van der Waals surface area contributed by atoms with Gasteiger partial charge >= 0.3 is 24.8 Å². The zero-order valence-corrected chi connectivity index (χ0v) is 16.1. The summed E-state index contributed by atoms with van der Waals surface area (Å²) in [6.07, 6.45) is 0. The Hall–Kier alpha value is -1.13. The minimum atomic E-state index is -0.877. The first-order valence-electron chi connectivity index (χ1n) is 6.60. The molecule has 0 aliphatic heterocycles. The zero-order valence-electron chi connectivity index (χ0n) is 13.4. The molecule has 0 aromatic heterocycles. The minimum absolute atomic E-state index is 0. The third-order valence-corrected chi connectivity index (χ3v) is 5.92. The molecule has 0 N–H and O–H groups in total. The average molecular weight is 388 g/mol. The van der Waals surface area contributed by atoms with Gasteiger partial charge < -0.3 is 14.9 Å². The smallest absolute Gasteiger partial charge is 0.0620 e. The van der Waals surface area contributed by atoms with Crippen molar-refractivity contribution in [1.82, 2.24) is 0 Å². The molecule has 0 heterocycles. The van der Waals surface area contributed by atoms with Crippen LogP contribution >= 0.6 is 18.1 Å². The van der Waals surface area contributed by atoms with Gasteiger partial charge in [0.2, 0.25) is 0 Å². The van der Waals surface area contributed by atoms with Crippen molar-refractivity contribution in [3.63, 3.8) is 0 Å². The Morgan fingerprint density at radius 2 is 0.696 bits per heavy atom. The van der Waals surface area contributed by atoms with Crippen molar-refractivity contribution >= 4 is 34.0 Å². The summed E-state index contributed by atoms with van der Waals surface area (Å²) >= 11 is 3.35. The molecule has 0 nitrogen and oxygen atoms in total. The molecule has 3 aromatic carbocycles. The van der Waals surface area contributed by atoms with Gasteiger partial charge in [-0.3, -0.25) is 0 Å². The molecule has 3 aromatic rings. The second kappa shape index (κ2) is 12.3. The molecular formula is C20H22ClNiP-. The maximum Gasteiger partial charge on any atom is 0.102 e. The normalized spacial score (nSPS) is 9.04. The molecule has 3 heteroatoms. The topological polar surface area (TPSA) is 0 Å². The second-order valence-corrected chi connectivity index (χ2v) is 6.96. The van der Waals surface area contributed by atoms with Crippen LogP contribution in [0.25, 0.3) is 0 Å². The van der Waals surface area contributed by atoms with E-state index in [9.17, 15) is 0 Å². The van der Waals surface area contributed by atoms with Crippen molar-refractivity contribution in [2.24, 2.45) is 0 Å². The van der Waals surface area contributed by atoms with E-state index in [0.29, 0.717) is 0 Å². The maximum absolute atomic E-state index is 4.26. The van der Waals surface area contributed by atoms with Crippen molar-refractivity contribution in [3.05, 3.63) is 106 Å². The van der Waals surface area contributed by atoms with E-state index in [4.69, 9.17) is 0 Å². The number of rotatable bonds is 3. The van der Waals surface area contributed by atoms with E-state index < -0.39 is 7.92 Å². The Labute approximate surface area is 154 Å². The van der Waals surface area contributed by atoms with E-state index in [1.807, 2.05) is 0 Å². The van der Waals surface area contributed by atoms with E-state index in [-0.39, 0.29) is 14.9 Å². The Morgan fingerprint density at radius 3 is 0.913 bits per heavy atom. The second-order valence-electron chi connectivity index (χ2n) is 4.47. The fourth-order valence-electron chi connectivity index (χ4n) is 2.31. The first kappa shape index (κ1) is 21.9. The van der Waals surface area contributed by atoms with Gasteiger partial charge in [-0.15, -0.1) is 0 Å². The van der Waals surface area contributed by atoms with Gasteiger partial charge in [-0.25, -0.2) is 0 Å². The molecule has 0 aliphatic carbocycles. The summed E-state index contributed by atoms with van der Waals surface area (Å²) < 4.78 is 0. The van der Waals surface area contributed by atoms with Gasteiger partial charge in [0, 0.05) is 0 Å². The average Bonchev–Trinajstić information content (AvgIpc) is 2.60. The van der Waals surface area contributed by atoms with Crippen LogP contribution in [0.3, 0.4) is 0 Å². The molecule has 0 unspecified atom stereocenters. The van der Waals surface area contributed by atoms with Crippen molar-refractivity contribution < 1.29 is 14.6 Å². The van der Waals surface area contributed by atoms with Gasteiger partial charge in [0.1, 0.15) is 15.9 Å². The van der Waals surface area contributed by atoms with Crippen molar-refractivity contribution in [3.8, 4) is 0 Å². The van der Waals surface area contributed by atoms with Crippen LogP contribution in [-0.4, -0.2) is 0 Å². The molecule has 125 valence electrons. The molecule has 0 fully saturated rings. The van der Waals surface area contributed by atoms with Gasteiger partial charge in [0.25, 0.3) is 0 Å². The van der Waals surface area contributed by atoms with Crippen LogP contribution in [0.15, 0.2) is 91.0 Å². The largest absolute Gasteiger partial charge is 0.102 e. The number of halogens is 1. The summed E-state index contributed by atoms with van der Waals surface area (Å²) in [5.74, 6) is 0. The number of hydrogen-bond donors (Lipinski definition) is 0. The van der Waals surface area contributed by atoms with Crippen LogP contribution in [0.5, 0.6) is 0 Å². The maximum atomic E-state index is 4.26. The van der Waals surface area contributed by atoms with Gasteiger partial charge in [0.05, 0.1) is 7.92 Å². The van der Waals surface area contributed by atoms with E-state index in [2.05, 4.69) is 116 Å². The van der Waals surface area contributed by atoms with Crippen molar-refractivity contribution in [2.75, 3.05) is 0 Å². The predicted octanol–water partition coefficient (Wildman–Crippen LogP) is 4.76. The van der Waals surface area contributed by atoms with Crippen LogP contribution in [0.1, 0.15) is 0 Å². The van der Waals surface area contributed by atoms with Crippen molar-refractivity contribution in [1.29, 1.82) is 0 Å². The van der Waals surface area contributed by atoms with Crippen LogP contribution in [-0.2, 0) is 14.6 Å². The third kappa shape index (κ3) is 6.11. The van der Waals surface area contributed by atoms with Crippen LogP contribution in [0.4, 0.5) is 0 Å².